The quantitative estimate of drug-likeness (QED) is 0.0391. The highest BCUT2D eigenvalue weighted by Gasteiger charge is 2.48. The monoisotopic (exact) mass is 1200 g/mol. The molecule has 4 aliphatic heterocycles. The van der Waals surface area contributed by atoms with Gasteiger partial charge < -0.3 is 143 Å². The zero-order chi connectivity index (χ0) is 63.1. The van der Waals surface area contributed by atoms with E-state index in [9.17, 15) is 39.6 Å². The number of aromatic nitrogens is 8. The van der Waals surface area contributed by atoms with Crippen molar-refractivity contribution in [3.05, 3.63) is 48.1 Å². The molecule has 4 amide bonds. The predicted molar refractivity (Wildman–Crippen MR) is 288 cm³/mol. The van der Waals surface area contributed by atoms with E-state index in [1.54, 1.807) is 55.4 Å². The highest BCUT2D eigenvalue weighted by atomic mass is 16.8. The SMILES string of the molecule is CC1(C)O[C@H]([C@H](O)CO)[C@H](Cn2cnc(C(N)=O)c2N)O1.CC1(C)O[C@H]([C@H](O)CO)[C@H](Cn2cnc(C(N)=O)c2N)O1.CC1(C)O[C@H]([C@H](O)CO)[C@H](Cn2cnc(C(N)=O)c2N)O1.CC1(C)O[C@H]([C@H](O)CO)[C@H](Cn2cnc(C(N)=O)c2N)O1. The summed E-state index contributed by atoms with van der Waals surface area (Å²) in [6, 6.07) is 0. The standard InChI is InChI=1S/4C12H20N4O5/c4*1-12(2)20-7(9(21-12)6(18)4-17)3-16-5-15-8(10(16)13)11(14)19/h4*5-7,9,17-18H,3-4,13H2,1-2H3,(H2,14,19)/t4*6-,7+,9-/m1111/s1. The Bertz CT molecular complexity index is 2500. The van der Waals surface area contributed by atoms with E-state index in [2.05, 4.69) is 19.9 Å². The number of aliphatic hydroxyl groups excluding tert-OH is 8. The molecule has 0 saturated carbocycles. The molecule has 24 N–H and O–H groups in total. The van der Waals surface area contributed by atoms with Crippen molar-refractivity contribution in [1.82, 2.24) is 38.2 Å². The third-order valence-corrected chi connectivity index (χ3v) is 13.1. The Balaban J connectivity index is 0.000000205. The highest BCUT2D eigenvalue weighted by Crippen LogP contribution is 2.35. The fourth-order valence-electron chi connectivity index (χ4n) is 9.42. The van der Waals surface area contributed by atoms with Crippen molar-refractivity contribution < 1.29 is 97.9 Å². The molecule has 8 rings (SSSR count). The van der Waals surface area contributed by atoms with Crippen LogP contribution in [-0.2, 0) is 64.1 Å². The number of hydrogen-bond donors (Lipinski definition) is 16. The number of nitrogens with zero attached hydrogens (tertiary/aromatic N) is 8. The molecule has 36 nitrogen and oxygen atoms in total. The molecule has 4 fully saturated rings. The van der Waals surface area contributed by atoms with Crippen molar-refractivity contribution in [3.63, 3.8) is 0 Å². The van der Waals surface area contributed by atoms with Crippen molar-refractivity contribution >= 4 is 46.9 Å². The maximum Gasteiger partial charge on any atom is 0.271 e. The third kappa shape index (κ3) is 16.8. The molecule has 0 unspecified atom stereocenters. The van der Waals surface area contributed by atoms with Crippen molar-refractivity contribution in [2.45, 2.75) is 178 Å². The topological polar surface area (TPSA) is 583 Å². The molecular weight excluding hydrogens is 1120 g/mol. The first-order valence-corrected chi connectivity index (χ1v) is 26.0. The molecule has 0 radical (unpaired) electrons. The first kappa shape index (κ1) is 68.1. The molecule has 0 spiro atoms. The van der Waals surface area contributed by atoms with Crippen LogP contribution in [0.25, 0.3) is 0 Å². The van der Waals surface area contributed by atoms with Crippen LogP contribution >= 0.6 is 0 Å². The molecule has 84 heavy (non-hydrogen) atoms. The van der Waals surface area contributed by atoms with Crippen LogP contribution < -0.4 is 45.9 Å². The van der Waals surface area contributed by atoms with Crippen LogP contribution in [0.4, 0.5) is 23.3 Å². The number of carbonyl (C=O) groups excluding carboxylic acids is 4. The van der Waals surface area contributed by atoms with E-state index in [0.717, 1.165) is 0 Å². The minimum absolute atomic E-state index is 0.0209. The van der Waals surface area contributed by atoms with Crippen molar-refractivity contribution in [1.29, 1.82) is 0 Å². The number of nitrogen functional groups attached to an aromatic ring is 4. The van der Waals surface area contributed by atoms with Crippen LogP contribution in [-0.4, -0.2) is 226 Å². The van der Waals surface area contributed by atoms with E-state index >= 15 is 0 Å². The molecule has 0 aliphatic carbocycles. The summed E-state index contributed by atoms with van der Waals surface area (Å²) >= 11 is 0. The number of carbonyl (C=O) groups is 4. The van der Waals surface area contributed by atoms with Crippen LogP contribution in [0.5, 0.6) is 0 Å². The molecule has 4 aromatic rings. The predicted octanol–water partition coefficient (Wildman–Crippen LogP) is -6.25. The third-order valence-electron chi connectivity index (χ3n) is 13.1. The van der Waals surface area contributed by atoms with Crippen LogP contribution in [0, 0.1) is 0 Å². The summed E-state index contributed by atoms with van der Waals surface area (Å²) in [6.45, 7) is 12.7. The number of imidazole rings is 4. The summed E-state index contributed by atoms with van der Waals surface area (Å²) in [4.78, 5) is 59.9. The lowest BCUT2D eigenvalue weighted by molar-refractivity contribution is -0.158. The van der Waals surface area contributed by atoms with Gasteiger partial charge in [-0.3, -0.25) is 19.2 Å². The number of amides is 4. The lowest BCUT2D eigenvalue weighted by atomic mass is 10.1. The minimum Gasteiger partial charge on any atom is -0.394 e. The molecule has 4 aliphatic rings. The van der Waals surface area contributed by atoms with Gasteiger partial charge in [0.1, 0.15) is 96.5 Å². The Kier molecular flexibility index (Phi) is 22.3. The average molecular weight is 1200 g/mol. The van der Waals surface area contributed by atoms with Gasteiger partial charge >= 0.3 is 0 Å². The Morgan fingerprint density at radius 1 is 0.393 bits per heavy atom. The van der Waals surface area contributed by atoms with Gasteiger partial charge in [0, 0.05) is 0 Å². The fourth-order valence-corrected chi connectivity index (χ4v) is 9.42. The minimum atomic E-state index is -1.09. The second-order valence-electron chi connectivity index (χ2n) is 21.5. The number of hydrogen-bond acceptors (Lipinski definition) is 28. The normalized spacial score (nSPS) is 25.9. The van der Waals surface area contributed by atoms with Gasteiger partial charge in [0.05, 0.1) is 77.9 Å². The first-order valence-electron chi connectivity index (χ1n) is 26.0. The molecule has 36 heteroatoms. The molecule has 12 atom stereocenters. The zero-order valence-corrected chi connectivity index (χ0v) is 47.6. The second-order valence-corrected chi connectivity index (χ2v) is 21.5. The number of anilines is 4. The second kappa shape index (κ2) is 27.5. The van der Waals surface area contributed by atoms with Gasteiger partial charge in [-0.05, 0) is 55.4 Å². The molecule has 4 saturated heterocycles. The summed E-state index contributed by atoms with van der Waals surface area (Å²) in [5.74, 6) is -5.99. The summed E-state index contributed by atoms with van der Waals surface area (Å²) in [5, 5.41) is 75.6. The number of aliphatic hydroxyl groups is 8. The Morgan fingerprint density at radius 2 is 0.560 bits per heavy atom. The van der Waals surface area contributed by atoms with E-state index in [0.29, 0.717) is 0 Å². The highest BCUT2D eigenvalue weighted by molar-refractivity contribution is 5.96. The number of nitrogens with two attached hydrogens (primary N) is 8. The van der Waals surface area contributed by atoms with E-state index in [1.807, 2.05) is 0 Å². The van der Waals surface area contributed by atoms with Crippen LogP contribution in [0.3, 0.4) is 0 Å². The van der Waals surface area contributed by atoms with Crippen molar-refractivity contribution in [3.8, 4) is 0 Å². The maximum atomic E-state index is 11.1. The van der Waals surface area contributed by atoms with E-state index < -0.39 is 146 Å². The molecule has 472 valence electrons. The van der Waals surface area contributed by atoms with Gasteiger partial charge in [-0.1, -0.05) is 0 Å². The lowest BCUT2D eigenvalue weighted by Crippen LogP contribution is -2.39. The van der Waals surface area contributed by atoms with E-state index in [1.165, 1.54) is 43.6 Å². The maximum absolute atomic E-state index is 11.1. The summed E-state index contributed by atoms with van der Waals surface area (Å²) < 4.78 is 51.1. The Hall–Kier alpha value is -6.72. The molecule has 0 aromatic carbocycles. The molecule has 0 bridgehead atoms. The molecule has 4 aromatic heterocycles. The van der Waals surface area contributed by atoms with Crippen molar-refractivity contribution in [2.75, 3.05) is 49.4 Å². The average Bonchev–Trinajstić information content (AvgIpc) is 4.34. The Labute approximate surface area is 480 Å². The van der Waals surface area contributed by atoms with Gasteiger partial charge in [-0.2, -0.15) is 0 Å². The van der Waals surface area contributed by atoms with Gasteiger partial charge in [0.25, 0.3) is 23.6 Å². The fraction of sp³-hybridized carbons (Fsp3) is 0.667. The Morgan fingerprint density at radius 3 is 0.690 bits per heavy atom. The smallest absolute Gasteiger partial charge is 0.271 e. The number of primary amides is 4. The first-order chi connectivity index (χ1) is 39.0. The summed E-state index contributed by atoms with van der Waals surface area (Å²) in [7, 11) is 0. The van der Waals surface area contributed by atoms with Crippen molar-refractivity contribution in [2.24, 2.45) is 22.9 Å². The summed E-state index contributed by atoms with van der Waals surface area (Å²) in [5.41, 5.74) is 43.7. The summed E-state index contributed by atoms with van der Waals surface area (Å²) in [6.07, 6.45) is -3.97. The zero-order valence-electron chi connectivity index (χ0n) is 47.6. The number of rotatable bonds is 20. The number of ether oxygens (including phenoxy) is 8. The van der Waals surface area contributed by atoms with Crippen LogP contribution in [0.1, 0.15) is 97.3 Å². The molecular formula is C48H80N16O20. The van der Waals surface area contributed by atoms with Gasteiger partial charge in [0.15, 0.2) is 45.9 Å². The van der Waals surface area contributed by atoms with Gasteiger partial charge in [0.2, 0.25) is 0 Å². The largest absolute Gasteiger partial charge is 0.394 e. The van der Waals surface area contributed by atoms with Crippen LogP contribution in [0.15, 0.2) is 25.3 Å². The lowest BCUT2D eigenvalue weighted by Gasteiger charge is -2.21. The van der Waals surface area contributed by atoms with Crippen LogP contribution in [0.2, 0.25) is 0 Å². The van der Waals surface area contributed by atoms with Gasteiger partial charge in [-0.15, -0.1) is 0 Å². The van der Waals surface area contributed by atoms with E-state index in [4.69, 9.17) is 104 Å². The molecule has 8 heterocycles. The van der Waals surface area contributed by atoms with E-state index in [-0.39, 0.29) is 72.2 Å². The van der Waals surface area contributed by atoms with Gasteiger partial charge in [-0.25, -0.2) is 19.9 Å².